The lowest BCUT2D eigenvalue weighted by atomic mass is 10.0. The Morgan fingerprint density at radius 2 is 1.97 bits per heavy atom. The second-order valence-electron chi connectivity index (χ2n) is 6.92. The molecule has 1 aromatic carbocycles. The molecule has 0 saturated carbocycles. The van der Waals surface area contributed by atoms with Crippen LogP contribution in [0.1, 0.15) is 35.6 Å². The van der Waals surface area contributed by atoms with E-state index in [4.69, 9.17) is 27.9 Å². The fourth-order valence-corrected chi connectivity index (χ4v) is 3.80. The van der Waals surface area contributed by atoms with E-state index in [2.05, 4.69) is 5.10 Å². The zero-order valence-corrected chi connectivity index (χ0v) is 19.2. The molecule has 170 valence electrons. The van der Waals surface area contributed by atoms with E-state index in [0.29, 0.717) is 34.2 Å². The average molecular weight is 481 g/mol. The lowest BCUT2D eigenvalue weighted by molar-refractivity contribution is -0.991. The number of quaternary nitrogens is 1. The zero-order valence-electron chi connectivity index (χ0n) is 17.7. The normalized spacial score (nSPS) is 12.1. The predicted octanol–water partition coefficient (Wildman–Crippen LogP) is 2.98. The SMILES string of the molecule is CCOC(=O)c1c(-c2ccc(Cl)c(Cl)c2)n(CC)c(Cn2ncc([NH+]([O-])O)c2C)cc1=O. The van der Waals surface area contributed by atoms with Gasteiger partial charge in [-0.05, 0) is 32.9 Å². The Morgan fingerprint density at radius 1 is 1.25 bits per heavy atom. The third-order valence-corrected chi connectivity index (χ3v) is 5.77. The number of pyridine rings is 1. The number of benzene rings is 1. The van der Waals surface area contributed by atoms with E-state index in [0.717, 1.165) is 0 Å². The van der Waals surface area contributed by atoms with E-state index in [-0.39, 0.29) is 29.4 Å². The molecule has 9 nitrogen and oxygen atoms in total. The Kier molecular flexibility index (Phi) is 7.37. The van der Waals surface area contributed by atoms with Gasteiger partial charge in [-0.3, -0.25) is 9.48 Å². The molecule has 3 rings (SSSR count). The highest BCUT2D eigenvalue weighted by atomic mass is 35.5. The second-order valence-corrected chi connectivity index (χ2v) is 7.74. The van der Waals surface area contributed by atoms with Crippen LogP contribution >= 0.6 is 23.2 Å². The lowest BCUT2D eigenvalue weighted by Crippen LogP contribution is -2.99. The Hall–Kier alpha value is -2.69. The number of aromatic nitrogens is 3. The molecule has 0 amide bonds. The Bertz CT molecular complexity index is 1220. The van der Waals surface area contributed by atoms with Crippen molar-refractivity contribution in [2.45, 2.75) is 33.9 Å². The van der Waals surface area contributed by atoms with E-state index in [1.54, 1.807) is 36.6 Å². The van der Waals surface area contributed by atoms with Crippen molar-refractivity contribution in [1.29, 1.82) is 0 Å². The van der Waals surface area contributed by atoms with Gasteiger partial charge >= 0.3 is 5.97 Å². The molecule has 0 spiro atoms. The van der Waals surface area contributed by atoms with Crippen LogP contribution in [0.4, 0.5) is 5.69 Å². The van der Waals surface area contributed by atoms with Crippen LogP contribution in [0.2, 0.25) is 10.0 Å². The number of carbonyl (C=O) groups is 1. The molecule has 1 unspecified atom stereocenters. The van der Waals surface area contributed by atoms with E-state index in [1.165, 1.54) is 16.9 Å². The molecule has 2 N–H and O–H groups in total. The first kappa shape index (κ1) is 24.0. The standard InChI is InChI=1S/C21H22Cl2N4O5/c1-4-25-14(11-26-12(3)17(10-24-26)27(30)31)9-18(28)19(21(29)32-5-2)20(25)13-6-7-15(22)16(23)8-13/h6-10,27,30H,4-5,11H2,1-3H3. The van der Waals surface area contributed by atoms with Crippen LogP contribution in [-0.2, 0) is 17.8 Å². The topological polar surface area (TPSA) is 114 Å². The summed E-state index contributed by atoms with van der Waals surface area (Å²) in [6.07, 6.45) is 1.26. The van der Waals surface area contributed by atoms with Crippen molar-refractivity contribution in [3.63, 3.8) is 0 Å². The molecule has 0 bridgehead atoms. The minimum Gasteiger partial charge on any atom is -0.595 e. The van der Waals surface area contributed by atoms with Gasteiger partial charge in [0.1, 0.15) is 11.8 Å². The Balaban J connectivity index is 2.26. The molecule has 2 heterocycles. The molecule has 0 radical (unpaired) electrons. The predicted molar refractivity (Wildman–Crippen MR) is 120 cm³/mol. The molecule has 0 saturated heterocycles. The van der Waals surface area contributed by atoms with E-state index in [1.807, 2.05) is 6.92 Å². The highest BCUT2D eigenvalue weighted by Gasteiger charge is 2.24. The first-order chi connectivity index (χ1) is 15.2. The Labute approximate surface area is 193 Å². The molecule has 0 aliphatic carbocycles. The molecular weight excluding hydrogens is 459 g/mol. The summed E-state index contributed by atoms with van der Waals surface area (Å²) in [5.41, 5.74) is 1.28. The fourth-order valence-electron chi connectivity index (χ4n) is 3.50. The summed E-state index contributed by atoms with van der Waals surface area (Å²) in [7, 11) is 0. The van der Waals surface area contributed by atoms with Crippen molar-refractivity contribution in [3.05, 3.63) is 72.9 Å². The van der Waals surface area contributed by atoms with E-state index in [9.17, 15) is 20.0 Å². The van der Waals surface area contributed by atoms with Crippen LogP contribution in [0.15, 0.2) is 35.3 Å². The summed E-state index contributed by atoms with van der Waals surface area (Å²) in [5, 5.41) is 24.3. The molecule has 0 fully saturated rings. The van der Waals surface area contributed by atoms with Gasteiger partial charge in [0.15, 0.2) is 5.43 Å². The molecule has 0 aliphatic rings. The van der Waals surface area contributed by atoms with Gasteiger partial charge in [0.05, 0.1) is 34.6 Å². The lowest BCUT2D eigenvalue weighted by Gasteiger charge is -2.21. The summed E-state index contributed by atoms with van der Waals surface area (Å²) in [6.45, 7) is 5.80. The smallest absolute Gasteiger partial charge is 0.344 e. The summed E-state index contributed by atoms with van der Waals surface area (Å²) in [6, 6.07) is 6.18. The van der Waals surface area contributed by atoms with Crippen molar-refractivity contribution < 1.29 is 20.0 Å². The number of ether oxygens (including phenoxy) is 1. The van der Waals surface area contributed by atoms with E-state index >= 15 is 0 Å². The molecule has 0 aliphatic heterocycles. The maximum absolute atomic E-state index is 13.1. The van der Waals surface area contributed by atoms with Gasteiger partial charge in [0.25, 0.3) is 0 Å². The van der Waals surface area contributed by atoms with Crippen molar-refractivity contribution in [1.82, 2.24) is 14.3 Å². The van der Waals surface area contributed by atoms with Crippen LogP contribution < -0.4 is 10.7 Å². The van der Waals surface area contributed by atoms with Crippen LogP contribution in [0.3, 0.4) is 0 Å². The van der Waals surface area contributed by atoms with Crippen LogP contribution in [-0.4, -0.2) is 32.1 Å². The molecule has 3 aromatic rings. The van der Waals surface area contributed by atoms with Gasteiger partial charge in [-0.25, -0.2) is 10.0 Å². The van der Waals surface area contributed by atoms with Crippen LogP contribution in [0.5, 0.6) is 0 Å². The van der Waals surface area contributed by atoms with Crippen LogP contribution in [0.25, 0.3) is 11.3 Å². The van der Waals surface area contributed by atoms with Crippen molar-refractivity contribution >= 4 is 34.9 Å². The summed E-state index contributed by atoms with van der Waals surface area (Å²) in [5.74, 6) is -0.740. The van der Waals surface area contributed by atoms with Crippen LogP contribution in [0, 0.1) is 12.1 Å². The highest BCUT2D eigenvalue weighted by molar-refractivity contribution is 6.42. The van der Waals surface area contributed by atoms with Crippen molar-refractivity contribution in [3.8, 4) is 11.3 Å². The molecule has 2 aromatic heterocycles. The minimum absolute atomic E-state index is 0.0724. The number of nitrogens with one attached hydrogen (secondary N) is 1. The van der Waals surface area contributed by atoms with Crippen molar-refractivity contribution in [2.24, 2.45) is 0 Å². The third kappa shape index (κ3) is 4.57. The molecular formula is C21H22Cl2N4O5. The number of hydrogen-bond acceptors (Lipinski definition) is 6. The largest absolute Gasteiger partial charge is 0.595 e. The molecule has 1 atom stereocenters. The molecule has 11 heteroatoms. The number of hydrogen-bond donors (Lipinski definition) is 2. The fraction of sp³-hybridized carbons (Fsp3) is 0.286. The zero-order chi connectivity index (χ0) is 23.6. The van der Waals surface area contributed by atoms with Gasteiger partial charge in [0.2, 0.25) is 5.69 Å². The van der Waals surface area contributed by atoms with Crippen molar-refractivity contribution in [2.75, 3.05) is 6.61 Å². The Morgan fingerprint density at radius 3 is 2.53 bits per heavy atom. The number of esters is 1. The minimum atomic E-state index is -1.09. The number of halogens is 2. The van der Waals surface area contributed by atoms with Gasteiger partial charge in [-0.15, -0.1) is 0 Å². The number of nitrogens with zero attached hydrogens (tertiary/aromatic N) is 3. The van der Waals surface area contributed by atoms with Gasteiger partial charge in [-0.2, -0.15) is 10.3 Å². The monoisotopic (exact) mass is 480 g/mol. The van der Waals surface area contributed by atoms with Gasteiger partial charge in [-0.1, -0.05) is 29.3 Å². The van der Waals surface area contributed by atoms with E-state index < -0.39 is 16.6 Å². The highest BCUT2D eigenvalue weighted by Crippen LogP contribution is 2.31. The molecule has 32 heavy (non-hydrogen) atoms. The summed E-state index contributed by atoms with van der Waals surface area (Å²) >= 11 is 12.3. The quantitative estimate of drug-likeness (QED) is 0.396. The maximum atomic E-state index is 13.1. The van der Waals surface area contributed by atoms with Gasteiger partial charge in [0, 0.05) is 23.9 Å². The summed E-state index contributed by atoms with van der Waals surface area (Å²) < 4.78 is 8.42. The van der Waals surface area contributed by atoms with Gasteiger partial charge < -0.3 is 14.5 Å². The number of rotatable bonds is 7. The third-order valence-electron chi connectivity index (χ3n) is 5.03. The average Bonchev–Trinajstić information content (AvgIpc) is 3.10. The maximum Gasteiger partial charge on any atom is 0.344 e. The first-order valence-electron chi connectivity index (χ1n) is 9.84. The first-order valence-corrected chi connectivity index (χ1v) is 10.6. The second kappa shape index (κ2) is 9.85. The summed E-state index contributed by atoms with van der Waals surface area (Å²) in [4.78, 5) is 25.8. The number of carbonyl (C=O) groups excluding carboxylic acids is 1.